The van der Waals surface area contributed by atoms with Crippen molar-refractivity contribution in [3.63, 3.8) is 0 Å². The molecule has 1 amide bonds. The van der Waals surface area contributed by atoms with Crippen LogP contribution in [0, 0.1) is 0 Å². The Balaban J connectivity index is 2.17. The number of allylic oxidation sites excluding steroid dienone is 15. The van der Waals surface area contributed by atoms with Crippen molar-refractivity contribution < 1.29 is 39.8 Å². The molecule has 1 aliphatic rings. The van der Waals surface area contributed by atoms with E-state index < -0.39 is 49.5 Å². The van der Waals surface area contributed by atoms with Gasteiger partial charge in [-0.2, -0.15) is 0 Å². The standard InChI is InChI=1S/C72H127NO8/c1-3-5-7-9-11-13-15-17-19-21-23-25-27-29-30-31-32-33-34-35-36-38-40-42-44-46-48-50-52-54-56-58-60-62-68(76)73-65(64-80-72-71(79)70(78)69(77)67(63-74)81-72)66(75)61-59-57-55-53-51-49-47-45-43-41-39-37-28-26-24-22-20-18-16-14-12-10-8-6-4-2/h5,7,11,13,17,19,23,25,29-30,32-33,35-36,59,61,65-67,69-72,74-75,77-79H,3-4,6,8-10,12,14-16,18,20-22,24,26-28,31,34,37-58,60,62-64H2,1-2H3,(H,73,76)/b7-5-,13-11-,19-17-,25-23-,30-29-,33-32-,36-35-,61-59+. The van der Waals surface area contributed by atoms with Gasteiger partial charge >= 0.3 is 0 Å². The fourth-order valence-corrected chi connectivity index (χ4v) is 10.4. The molecule has 0 saturated carbocycles. The Morgan fingerprint density at radius 3 is 1.14 bits per heavy atom. The van der Waals surface area contributed by atoms with E-state index in [2.05, 4.69) is 104 Å². The van der Waals surface area contributed by atoms with Gasteiger partial charge in [-0.1, -0.05) is 310 Å². The second kappa shape index (κ2) is 60.2. The molecule has 7 atom stereocenters. The molecule has 7 unspecified atom stereocenters. The number of amides is 1. The van der Waals surface area contributed by atoms with Crippen LogP contribution < -0.4 is 5.32 Å². The van der Waals surface area contributed by atoms with Crippen molar-refractivity contribution in [2.75, 3.05) is 13.2 Å². The van der Waals surface area contributed by atoms with E-state index in [1.807, 2.05) is 6.08 Å². The van der Waals surface area contributed by atoms with Gasteiger partial charge < -0.3 is 40.3 Å². The fourth-order valence-electron chi connectivity index (χ4n) is 10.4. The van der Waals surface area contributed by atoms with Gasteiger partial charge in [-0.05, 0) is 77.0 Å². The lowest BCUT2D eigenvalue weighted by atomic mass is 9.99. The minimum Gasteiger partial charge on any atom is -0.394 e. The molecule has 1 rings (SSSR count). The summed E-state index contributed by atoms with van der Waals surface area (Å²) in [6.45, 7) is 3.69. The molecule has 1 fully saturated rings. The van der Waals surface area contributed by atoms with Crippen molar-refractivity contribution in [3.8, 4) is 0 Å². The van der Waals surface area contributed by atoms with E-state index in [0.717, 1.165) is 89.9 Å². The van der Waals surface area contributed by atoms with E-state index in [-0.39, 0.29) is 12.5 Å². The predicted octanol–water partition coefficient (Wildman–Crippen LogP) is 18.3. The molecule has 9 nitrogen and oxygen atoms in total. The molecular formula is C72H127NO8. The van der Waals surface area contributed by atoms with Gasteiger partial charge in [0.15, 0.2) is 6.29 Å². The predicted molar refractivity (Wildman–Crippen MR) is 345 cm³/mol. The summed E-state index contributed by atoms with van der Waals surface area (Å²) in [5.74, 6) is -0.181. The van der Waals surface area contributed by atoms with Crippen LogP contribution >= 0.6 is 0 Å². The number of aliphatic hydroxyl groups is 5. The van der Waals surface area contributed by atoms with Crippen molar-refractivity contribution in [1.82, 2.24) is 5.32 Å². The number of carbonyl (C=O) groups is 1. The molecule has 0 bridgehead atoms. The van der Waals surface area contributed by atoms with Crippen LogP contribution in [0.15, 0.2) is 97.2 Å². The lowest BCUT2D eigenvalue weighted by Gasteiger charge is -2.40. The third-order valence-electron chi connectivity index (χ3n) is 15.7. The molecule has 0 aromatic carbocycles. The van der Waals surface area contributed by atoms with Gasteiger partial charge in [-0.15, -0.1) is 0 Å². The quantitative estimate of drug-likeness (QED) is 0.0261. The molecule has 0 aromatic rings. The fraction of sp³-hybridized carbons (Fsp3) is 0.764. The van der Waals surface area contributed by atoms with E-state index in [0.29, 0.717) is 6.42 Å². The summed E-state index contributed by atoms with van der Waals surface area (Å²) in [6, 6.07) is -0.814. The lowest BCUT2D eigenvalue weighted by Crippen LogP contribution is -2.60. The number of aliphatic hydroxyl groups excluding tert-OH is 5. The molecule has 1 aliphatic heterocycles. The van der Waals surface area contributed by atoms with Crippen LogP contribution in [0.4, 0.5) is 0 Å². The van der Waals surface area contributed by atoms with Crippen LogP contribution in [-0.4, -0.2) is 87.5 Å². The highest BCUT2D eigenvalue weighted by Crippen LogP contribution is 2.23. The minimum absolute atomic E-state index is 0.181. The summed E-state index contributed by atoms with van der Waals surface area (Å²) in [6.07, 6.45) is 80.6. The van der Waals surface area contributed by atoms with Crippen LogP contribution in [0.5, 0.6) is 0 Å². The van der Waals surface area contributed by atoms with Crippen molar-refractivity contribution in [3.05, 3.63) is 97.2 Å². The van der Waals surface area contributed by atoms with E-state index in [1.165, 1.54) is 186 Å². The summed E-state index contributed by atoms with van der Waals surface area (Å²) in [5.41, 5.74) is 0. The summed E-state index contributed by atoms with van der Waals surface area (Å²) >= 11 is 0. The first kappa shape index (κ1) is 76.1. The molecule has 0 aromatic heterocycles. The zero-order valence-corrected chi connectivity index (χ0v) is 52.3. The third-order valence-corrected chi connectivity index (χ3v) is 15.7. The Morgan fingerprint density at radius 1 is 0.432 bits per heavy atom. The second-order valence-corrected chi connectivity index (χ2v) is 23.2. The van der Waals surface area contributed by atoms with Crippen LogP contribution in [-0.2, 0) is 14.3 Å². The first-order valence-electron chi connectivity index (χ1n) is 34.0. The first-order valence-corrected chi connectivity index (χ1v) is 34.0. The normalized spacial score (nSPS) is 19.0. The number of rotatable bonds is 58. The van der Waals surface area contributed by atoms with Crippen molar-refractivity contribution in [2.24, 2.45) is 0 Å². The highest BCUT2D eigenvalue weighted by atomic mass is 16.7. The number of hydrogen-bond donors (Lipinski definition) is 6. The Hall–Kier alpha value is -2.89. The van der Waals surface area contributed by atoms with Gasteiger partial charge in [0, 0.05) is 6.42 Å². The molecule has 0 spiro atoms. The monoisotopic (exact) mass is 1130 g/mol. The summed E-state index contributed by atoms with van der Waals surface area (Å²) in [4.78, 5) is 13.1. The smallest absolute Gasteiger partial charge is 0.220 e. The highest BCUT2D eigenvalue weighted by Gasteiger charge is 2.44. The van der Waals surface area contributed by atoms with E-state index in [4.69, 9.17) is 9.47 Å². The number of unbranched alkanes of at least 4 members (excludes halogenated alkanes) is 34. The topological polar surface area (TPSA) is 149 Å². The molecule has 1 saturated heterocycles. The molecule has 0 aliphatic carbocycles. The maximum atomic E-state index is 13.1. The molecule has 1 heterocycles. The first-order chi connectivity index (χ1) is 39.8. The second-order valence-electron chi connectivity index (χ2n) is 23.2. The van der Waals surface area contributed by atoms with E-state index >= 15 is 0 Å². The Kier molecular flexibility index (Phi) is 56.6. The molecule has 0 radical (unpaired) electrons. The zero-order chi connectivity index (χ0) is 58.6. The van der Waals surface area contributed by atoms with Gasteiger partial charge in [0.1, 0.15) is 24.4 Å². The number of nitrogens with one attached hydrogen (secondary N) is 1. The van der Waals surface area contributed by atoms with Crippen molar-refractivity contribution >= 4 is 5.91 Å². The van der Waals surface area contributed by atoms with Crippen molar-refractivity contribution in [2.45, 2.75) is 339 Å². The Bertz CT molecular complexity index is 1600. The molecule has 81 heavy (non-hydrogen) atoms. The molecule has 468 valence electrons. The minimum atomic E-state index is -1.57. The van der Waals surface area contributed by atoms with Crippen LogP contribution in [0.25, 0.3) is 0 Å². The SMILES string of the molecule is CC/C=C\C/C=C\C/C=C\C/C=C\C/C=C\C/C=C\C/C=C\CCCCCCCCCCCCCC(=O)NC(COC1OC(CO)C(O)C(O)C1O)C(O)/C=C/CCCCCCCCCCCCCCCCCCCCCCCCC. The Morgan fingerprint density at radius 2 is 0.765 bits per heavy atom. The average Bonchev–Trinajstić information content (AvgIpc) is 3.50. The van der Waals surface area contributed by atoms with Gasteiger partial charge in [0.2, 0.25) is 5.91 Å². The van der Waals surface area contributed by atoms with Gasteiger partial charge in [-0.3, -0.25) is 4.79 Å². The molecule has 9 heteroatoms. The van der Waals surface area contributed by atoms with Gasteiger partial charge in [0.25, 0.3) is 0 Å². The lowest BCUT2D eigenvalue weighted by molar-refractivity contribution is -0.302. The zero-order valence-electron chi connectivity index (χ0n) is 52.3. The number of hydrogen-bond acceptors (Lipinski definition) is 8. The molecular weight excluding hydrogens is 1010 g/mol. The van der Waals surface area contributed by atoms with E-state index in [9.17, 15) is 30.3 Å². The largest absolute Gasteiger partial charge is 0.394 e. The van der Waals surface area contributed by atoms with Crippen LogP contribution in [0.1, 0.15) is 296 Å². The number of carbonyl (C=O) groups excluding carboxylic acids is 1. The third kappa shape index (κ3) is 49.1. The highest BCUT2D eigenvalue weighted by molar-refractivity contribution is 5.76. The average molecular weight is 1130 g/mol. The molecule has 6 N–H and O–H groups in total. The van der Waals surface area contributed by atoms with Crippen molar-refractivity contribution in [1.29, 1.82) is 0 Å². The van der Waals surface area contributed by atoms with E-state index in [1.54, 1.807) is 6.08 Å². The van der Waals surface area contributed by atoms with Gasteiger partial charge in [-0.25, -0.2) is 0 Å². The Labute approximate surface area is 498 Å². The maximum Gasteiger partial charge on any atom is 0.220 e. The van der Waals surface area contributed by atoms with Gasteiger partial charge in [0.05, 0.1) is 25.4 Å². The number of ether oxygens (including phenoxy) is 2. The summed E-state index contributed by atoms with van der Waals surface area (Å²) in [5, 5.41) is 54.7. The summed E-state index contributed by atoms with van der Waals surface area (Å²) < 4.78 is 11.3. The maximum absolute atomic E-state index is 13.1. The van der Waals surface area contributed by atoms with Crippen LogP contribution in [0.2, 0.25) is 0 Å². The van der Waals surface area contributed by atoms with Crippen LogP contribution in [0.3, 0.4) is 0 Å². The summed E-state index contributed by atoms with van der Waals surface area (Å²) in [7, 11) is 0.